The van der Waals surface area contributed by atoms with Gasteiger partial charge in [0.1, 0.15) is 0 Å². The van der Waals surface area contributed by atoms with Crippen LogP contribution in [0.3, 0.4) is 0 Å². The second-order valence-corrected chi connectivity index (χ2v) is 6.36. The van der Waals surface area contributed by atoms with Gasteiger partial charge in [-0.05, 0) is 57.3 Å². The summed E-state index contributed by atoms with van der Waals surface area (Å²) in [6, 6.07) is 6.86. The molecule has 2 fully saturated rings. The maximum atomic E-state index is 10.7. The van der Waals surface area contributed by atoms with Crippen LogP contribution < -0.4 is 4.90 Å². The second-order valence-electron chi connectivity index (χ2n) is 6.36. The zero-order valence-electron chi connectivity index (χ0n) is 12.6. The summed E-state index contributed by atoms with van der Waals surface area (Å²) < 4.78 is 0. The van der Waals surface area contributed by atoms with Gasteiger partial charge in [0.2, 0.25) is 0 Å². The minimum Gasteiger partial charge on any atom is -0.375 e. The molecule has 0 atom stereocenters. The summed E-state index contributed by atoms with van der Waals surface area (Å²) in [5.74, 6) is 0. The molecule has 5 nitrogen and oxygen atoms in total. The fourth-order valence-electron chi connectivity index (χ4n) is 3.97. The number of benzene rings is 1. The van der Waals surface area contributed by atoms with Crippen LogP contribution in [0, 0.1) is 10.1 Å². The molecule has 0 unspecified atom stereocenters. The first-order valence-electron chi connectivity index (χ1n) is 7.81. The van der Waals surface area contributed by atoms with Crippen LogP contribution in [-0.4, -0.2) is 42.0 Å². The lowest BCUT2D eigenvalue weighted by atomic mass is 9.90. The molecule has 0 radical (unpaired) electrons. The second kappa shape index (κ2) is 5.64. The van der Waals surface area contributed by atoms with E-state index >= 15 is 0 Å². The fraction of sp³-hybridized carbons (Fsp3) is 0.625. The first-order valence-corrected chi connectivity index (χ1v) is 7.81. The molecule has 2 saturated heterocycles. The Hall–Kier alpha value is -1.62. The van der Waals surface area contributed by atoms with Gasteiger partial charge in [-0.25, -0.2) is 0 Å². The molecule has 2 aliphatic heterocycles. The topological polar surface area (TPSA) is 49.6 Å². The molecule has 0 aromatic heterocycles. The lowest BCUT2D eigenvalue weighted by Crippen LogP contribution is -2.40. The van der Waals surface area contributed by atoms with Crippen LogP contribution in [0.5, 0.6) is 0 Å². The van der Waals surface area contributed by atoms with E-state index in [1.54, 1.807) is 12.1 Å². The highest BCUT2D eigenvalue weighted by molar-refractivity contribution is 5.50. The Bertz CT molecular complexity index is 505. The van der Waals surface area contributed by atoms with Crippen LogP contribution in [0.2, 0.25) is 0 Å². The van der Waals surface area contributed by atoms with Gasteiger partial charge in [0.25, 0.3) is 5.69 Å². The van der Waals surface area contributed by atoms with Crippen molar-refractivity contribution < 1.29 is 4.92 Å². The standard InChI is InChI=1S/C16H23N3O2/c1-17(14-4-6-15(7-5-14)19(20)21)13-10-16-8-2-11-18(16)12-3-9-16/h4-7H,2-3,8-13H2,1H3. The Labute approximate surface area is 125 Å². The third kappa shape index (κ3) is 2.75. The molecular formula is C16H23N3O2. The molecule has 2 aliphatic rings. The van der Waals surface area contributed by atoms with Gasteiger partial charge in [-0.1, -0.05) is 0 Å². The van der Waals surface area contributed by atoms with Gasteiger partial charge in [-0.3, -0.25) is 15.0 Å². The summed E-state index contributed by atoms with van der Waals surface area (Å²) >= 11 is 0. The van der Waals surface area contributed by atoms with Crippen molar-refractivity contribution in [2.45, 2.75) is 37.6 Å². The lowest BCUT2D eigenvalue weighted by molar-refractivity contribution is -0.384. The molecule has 114 valence electrons. The largest absolute Gasteiger partial charge is 0.375 e. The normalized spacial score (nSPS) is 20.4. The monoisotopic (exact) mass is 289 g/mol. The highest BCUT2D eigenvalue weighted by Gasteiger charge is 2.43. The highest BCUT2D eigenvalue weighted by Crippen LogP contribution is 2.41. The number of hydrogen-bond acceptors (Lipinski definition) is 4. The zero-order valence-corrected chi connectivity index (χ0v) is 12.6. The van der Waals surface area contributed by atoms with Crippen molar-refractivity contribution in [3.8, 4) is 0 Å². The molecule has 0 bridgehead atoms. The van der Waals surface area contributed by atoms with Crippen LogP contribution >= 0.6 is 0 Å². The Morgan fingerprint density at radius 3 is 2.43 bits per heavy atom. The van der Waals surface area contributed by atoms with Gasteiger partial charge >= 0.3 is 0 Å². The Morgan fingerprint density at radius 1 is 1.24 bits per heavy atom. The van der Waals surface area contributed by atoms with Crippen molar-refractivity contribution in [1.82, 2.24) is 4.90 Å². The van der Waals surface area contributed by atoms with E-state index in [0.717, 1.165) is 12.2 Å². The molecule has 21 heavy (non-hydrogen) atoms. The maximum Gasteiger partial charge on any atom is 0.269 e. The van der Waals surface area contributed by atoms with Crippen molar-refractivity contribution in [3.63, 3.8) is 0 Å². The van der Waals surface area contributed by atoms with Crippen molar-refractivity contribution in [3.05, 3.63) is 34.4 Å². The van der Waals surface area contributed by atoms with Crippen LogP contribution in [0.4, 0.5) is 11.4 Å². The third-order valence-corrected chi connectivity index (χ3v) is 5.23. The van der Waals surface area contributed by atoms with E-state index in [2.05, 4.69) is 16.8 Å². The average Bonchev–Trinajstić information content (AvgIpc) is 3.04. The average molecular weight is 289 g/mol. The van der Waals surface area contributed by atoms with Gasteiger partial charge in [0.05, 0.1) is 4.92 Å². The molecule has 3 rings (SSSR count). The molecule has 0 saturated carbocycles. The van der Waals surface area contributed by atoms with Gasteiger partial charge in [0.15, 0.2) is 0 Å². The predicted molar refractivity (Wildman–Crippen MR) is 83.8 cm³/mol. The van der Waals surface area contributed by atoms with Crippen LogP contribution in [-0.2, 0) is 0 Å². The number of rotatable bonds is 5. The SMILES string of the molecule is CN(CCC12CCCN1CCC2)c1ccc([N+](=O)[O-])cc1. The summed E-state index contributed by atoms with van der Waals surface area (Å²) in [6.07, 6.45) is 6.53. The fourth-order valence-corrected chi connectivity index (χ4v) is 3.97. The highest BCUT2D eigenvalue weighted by atomic mass is 16.6. The van der Waals surface area contributed by atoms with E-state index in [1.807, 2.05) is 12.1 Å². The molecule has 5 heteroatoms. The molecule has 0 amide bonds. The van der Waals surface area contributed by atoms with E-state index in [1.165, 1.54) is 45.2 Å². The lowest BCUT2D eigenvalue weighted by Gasteiger charge is -2.34. The number of hydrogen-bond donors (Lipinski definition) is 0. The zero-order chi connectivity index (χ0) is 14.9. The summed E-state index contributed by atoms with van der Waals surface area (Å²) in [4.78, 5) is 15.2. The molecular weight excluding hydrogens is 266 g/mol. The molecule has 1 aromatic rings. The van der Waals surface area contributed by atoms with E-state index in [4.69, 9.17) is 0 Å². The van der Waals surface area contributed by atoms with Gasteiger partial charge < -0.3 is 4.90 Å². The van der Waals surface area contributed by atoms with Crippen LogP contribution in [0.1, 0.15) is 32.1 Å². The molecule has 1 aromatic carbocycles. The van der Waals surface area contributed by atoms with Gasteiger partial charge in [-0.2, -0.15) is 0 Å². The van der Waals surface area contributed by atoms with Crippen molar-refractivity contribution in [1.29, 1.82) is 0 Å². The minimum absolute atomic E-state index is 0.156. The van der Waals surface area contributed by atoms with Crippen molar-refractivity contribution >= 4 is 11.4 Å². The summed E-state index contributed by atoms with van der Waals surface area (Å²) in [5.41, 5.74) is 1.65. The smallest absolute Gasteiger partial charge is 0.269 e. The molecule has 2 heterocycles. The van der Waals surface area contributed by atoms with E-state index in [0.29, 0.717) is 5.54 Å². The van der Waals surface area contributed by atoms with Gasteiger partial charge in [-0.15, -0.1) is 0 Å². The minimum atomic E-state index is -0.350. The summed E-state index contributed by atoms with van der Waals surface area (Å²) in [6.45, 7) is 3.54. The summed E-state index contributed by atoms with van der Waals surface area (Å²) in [5, 5.41) is 10.7. The molecule has 0 aliphatic carbocycles. The number of fused-ring (bicyclic) bond motifs is 1. The Balaban J connectivity index is 1.61. The third-order valence-electron chi connectivity index (χ3n) is 5.23. The van der Waals surface area contributed by atoms with Gasteiger partial charge in [0, 0.05) is 37.0 Å². The van der Waals surface area contributed by atoms with Crippen molar-refractivity contribution in [2.24, 2.45) is 0 Å². The van der Waals surface area contributed by atoms with E-state index in [9.17, 15) is 10.1 Å². The number of nitro benzene ring substituents is 1. The first kappa shape index (κ1) is 14.3. The van der Waals surface area contributed by atoms with E-state index < -0.39 is 0 Å². The number of nitro groups is 1. The van der Waals surface area contributed by atoms with Crippen molar-refractivity contribution in [2.75, 3.05) is 31.6 Å². The number of non-ortho nitro benzene ring substituents is 1. The molecule has 0 spiro atoms. The number of anilines is 1. The maximum absolute atomic E-state index is 10.7. The Morgan fingerprint density at radius 2 is 1.86 bits per heavy atom. The van der Waals surface area contributed by atoms with Crippen LogP contribution in [0.25, 0.3) is 0 Å². The Kier molecular flexibility index (Phi) is 3.85. The van der Waals surface area contributed by atoms with E-state index in [-0.39, 0.29) is 10.6 Å². The number of nitrogens with zero attached hydrogens (tertiary/aromatic N) is 3. The quantitative estimate of drug-likeness (QED) is 0.617. The van der Waals surface area contributed by atoms with Crippen LogP contribution in [0.15, 0.2) is 24.3 Å². The predicted octanol–water partition coefficient (Wildman–Crippen LogP) is 3.05. The molecule has 0 N–H and O–H groups in total. The summed E-state index contributed by atoms with van der Waals surface area (Å²) in [7, 11) is 2.08. The first-order chi connectivity index (χ1) is 10.1.